The molecule has 1 N–H and O–H groups in total. The number of allylic oxidation sites excluding steroid dienone is 1. The van der Waals surface area contributed by atoms with Crippen LogP contribution in [0.1, 0.15) is 65.2 Å². The van der Waals surface area contributed by atoms with Gasteiger partial charge in [-0.1, -0.05) is 25.5 Å². The van der Waals surface area contributed by atoms with Crippen LogP contribution in [0.2, 0.25) is 0 Å². The summed E-state index contributed by atoms with van der Waals surface area (Å²) in [6.45, 7) is 4.81. The van der Waals surface area contributed by atoms with Gasteiger partial charge >= 0.3 is 5.97 Å². The molecule has 0 heterocycles. The van der Waals surface area contributed by atoms with E-state index in [2.05, 4.69) is 19.9 Å². The van der Waals surface area contributed by atoms with Crippen LogP contribution in [0, 0.1) is 34.5 Å². The lowest BCUT2D eigenvalue weighted by molar-refractivity contribution is -0.152. The molecule has 7 atom stereocenters. The minimum atomic E-state index is -0.134. The van der Waals surface area contributed by atoms with Gasteiger partial charge in [0.25, 0.3) is 0 Å². The van der Waals surface area contributed by atoms with Crippen molar-refractivity contribution < 1.29 is 14.6 Å². The fourth-order valence-corrected chi connectivity index (χ4v) is 7.17. The second-order valence-electron chi connectivity index (χ2n) is 9.35. The molecule has 3 saturated carbocycles. The molecule has 0 bridgehead atoms. The topological polar surface area (TPSA) is 46.5 Å². The van der Waals surface area contributed by atoms with Gasteiger partial charge in [-0.25, -0.2) is 0 Å². The highest BCUT2D eigenvalue weighted by Crippen LogP contribution is 2.66. The Bertz CT molecular complexity index is 567. The third-order valence-corrected chi connectivity index (χ3v) is 8.56. The monoisotopic (exact) mass is 332 g/mol. The van der Waals surface area contributed by atoms with E-state index >= 15 is 0 Å². The SMILES string of the molecule is COC(=O)[C@H]1CC[C@H]2[C@H]3CC=C4C[C@H](O)CC[C@]4(C)[C@H]3CC[C@@]12C. The van der Waals surface area contributed by atoms with E-state index in [1.54, 1.807) is 0 Å². The third kappa shape index (κ3) is 2.16. The quantitative estimate of drug-likeness (QED) is 0.581. The number of ether oxygens (including phenoxy) is 1. The van der Waals surface area contributed by atoms with Crippen molar-refractivity contribution in [1.29, 1.82) is 0 Å². The molecule has 4 rings (SSSR count). The van der Waals surface area contributed by atoms with Crippen LogP contribution in [0.5, 0.6) is 0 Å². The fraction of sp³-hybridized carbons (Fsp3) is 0.857. The lowest BCUT2D eigenvalue weighted by atomic mass is 9.47. The molecule has 0 aromatic rings. The van der Waals surface area contributed by atoms with Crippen molar-refractivity contribution in [2.45, 2.75) is 71.3 Å². The Kier molecular flexibility index (Phi) is 3.87. The highest BCUT2D eigenvalue weighted by atomic mass is 16.5. The number of hydrogen-bond donors (Lipinski definition) is 1. The lowest BCUT2D eigenvalue weighted by Gasteiger charge is -2.57. The number of rotatable bonds is 1. The molecule has 4 aliphatic carbocycles. The number of aliphatic hydroxyl groups excluding tert-OH is 1. The van der Waals surface area contributed by atoms with E-state index in [9.17, 15) is 9.90 Å². The van der Waals surface area contributed by atoms with Crippen LogP contribution >= 0.6 is 0 Å². The van der Waals surface area contributed by atoms with Crippen molar-refractivity contribution in [2.75, 3.05) is 7.11 Å². The Balaban J connectivity index is 1.64. The van der Waals surface area contributed by atoms with Gasteiger partial charge in [-0.15, -0.1) is 0 Å². The van der Waals surface area contributed by atoms with E-state index in [0.717, 1.165) is 44.4 Å². The average Bonchev–Trinajstić information content (AvgIpc) is 2.92. The standard InChI is InChI=1S/C21H32O3/c1-20-10-8-14(22)12-13(20)4-5-15-16-6-7-18(19(23)24-3)21(16,2)11-9-17(15)20/h4,14-18,22H,5-12H2,1-3H3/t14-,15-,16+,17+,18-,20+,21-/m1/s1. The predicted molar refractivity (Wildman–Crippen MR) is 93.2 cm³/mol. The summed E-state index contributed by atoms with van der Waals surface area (Å²) in [5, 5.41) is 10.1. The molecule has 3 nitrogen and oxygen atoms in total. The summed E-state index contributed by atoms with van der Waals surface area (Å²) in [4.78, 5) is 12.3. The second kappa shape index (κ2) is 5.59. The highest BCUT2D eigenvalue weighted by Gasteiger charge is 2.60. The smallest absolute Gasteiger partial charge is 0.309 e. The number of carbonyl (C=O) groups is 1. The Morgan fingerprint density at radius 2 is 1.96 bits per heavy atom. The first kappa shape index (κ1) is 16.6. The Hall–Kier alpha value is -0.830. The van der Waals surface area contributed by atoms with E-state index in [4.69, 9.17) is 4.74 Å². The first-order valence-electron chi connectivity index (χ1n) is 9.85. The molecule has 0 aliphatic heterocycles. The number of hydrogen-bond acceptors (Lipinski definition) is 3. The zero-order chi connectivity index (χ0) is 17.1. The number of fused-ring (bicyclic) bond motifs is 5. The number of esters is 1. The van der Waals surface area contributed by atoms with Crippen LogP contribution < -0.4 is 0 Å². The van der Waals surface area contributed by atoms with Crippen LogP contribution in [0.15, 0.2) is 11.6 Å². The molecule has 0 saturated heterocycles. The van der Waals surface area contributed by atoms with E-state index in [-0.39, 0.29) is 28.8 Å². The maximum absolute atomic E-state index is 12.3. The van der Waals surface area contributed by atoms with Crippen LogP contribution in [-0.2, 0) is 9.53 Å². The summed E-state index contributed by atoms with van der Waals surface area (Å²) in [5.41, 5.74) is 1.94. The van der Waals surface area contributed by atoms with Gasteiger partial charge in [-0.05, 0) is 80.0 Å². The van der Waals surface area contributed by atoms with Gasteiger partial charge in [0.1, 0.15) is 0 Å². The molecule has 0 spiro atoms. The molecule has 24 heavy (non-hydrogen) atoms. The molecule has 0 aromatic heterocycles. The first-order chi connectivity index (χ1) is 11.4. The van der Waals surface area contributed by atoms with Gasteiger partial charge in [-0.2, -0.15) is 0 Å². The maximum atomic E-state index is 12.3. The molecule has 0 aromatic carbocycles. The van der Waals surface area contributed by atoms with Crippen LogP contribution in [0.25, 0.3) is 0 Å². The Morgan fingerprint density at radius 1 is 1.17 bits per heavy atom. The van der Waals surface area contributed by atoms with E-state index in [0.29, 0.717) is 11.8 Å². The summed E-state index contributed by atoms with van der Waals surface area (Å²) in [5.74, 6) is 2.21. The first-order valence-corrected chi connectivity index (χ1v) is 9.85. The average molecular weight is 332 g/mol. The number of aliphatic hydroxyl groups is 1. The molecule has 0 unspecified atom stereocenters. The van der Waals surface area contributed by atoms with E-state index < -0.39 is 0 Å². The van der Waals surface area contributed by atoms with Gasteiger partial charge in [0.15, 0.2) is 0 Å². The van der Waals surface area contributed by atoms with Gasteiger partial charge in [0.2, 0.25) is 0 Å². The minimum Gasteiger partial charge on any atom is -0.469 e. The summed E-state index contributed by atoms with van der Waals surface area (Å²) in [7, 11) is 1.54. The lowest BCUT2D eigenvalue weighted by Crippen LogP contribution is -2.51. The van der Waals surface area contributed by atoms with Gasteiger partial charge in [0, 0.05) is 0 Å². The van der Waals surface area contributed by atoms with Crippen molar-refractivity contribution in [3.8, 4) is 0 Å². The Labute approximate surface area is 145 Å². The van der Waals surface area contributed by atoms with Crippen LogP contribution in [0.4, 0.5) is 0 Å². The highest BCUT2D eigenvalue weighted by molar-refractivity contribution is 5.73. The molecular formula is C21H32O3. The molecule has 3 heteroatoms. The number of carbonyl (C=O) groups excluding carboxylic acids is 1. The summed E-state index contributed by atoms with van der Waals surface area (Å²) in [6, 6.07) is 0. The molecule has 4 aliphatic rings. The van der Waals surface area contributed by atoms with Crippen LogP contribution in [-0.4, -0.2) is 24.3 Å². The van der Waals surface area contributed by atoms with E-state index in [1.165, 1.54) is 25.5 Å². The largest absolute Gasteiger partial charge is 0.469 e. The molecule has 134 valence electrons. The summed E-state index contributed by atoms with van der Waals surface area (Å²) < 4.78 is 5.12. The second-order valence-corrected chi connectivity index (χ2v) is 9.35. The van der Waals surface area contributed by atoms with Crippen molar-refractivity contribution >= 4 is 5.97 Å². The van der Waals surface area contributed by atoms with Gasteiger partial charge in [-0.3, -0.25) is 4.79 Å². The predicted octanol–water partition coefficient (Wildman–Crippen LogP) is 4.10. The molecular weight excluding hydrogens is 300 g/mol. The van der Waals surface area contributed by atoms with Crippen molar-refractivity contribution in [3.63, 3.8) is 0 Å². The zero-order valence-electron chi connectivity index (χ0n) is 15.4. The molecule has 0 radical (unpaired) electrons. The van der Waals surface area contributed by atoms with Crippen LogP contribution in [0.3, 0.4) is 0 Å². The molecule has 0 amide bonds. The Morgan fingerprint density at radius 3 is 2.71 bits per heavy atom. The van der Waals surface area contributed by atoms with Crippen molar-refractivity contribution in [1.82, 2.24) is 0 Å². The van der Waals surface area contributed by atoms with Crippen molar-refractivity contribution in [3.05, 3.63) is 11.6 Å². The minimum absolute atomic E-state index is 0.0116. The molecule has 3 fully saturated rings. The van der Waals surface area contributed by atoms with Crippen molar-refractivity contribution in [2.24, 2.45) is 34.5 Å². The summed E-state index contributed by atoms with van der Waals surface area (Å²) >= 11 is 0. The van der Waals surface area contributed by atoms with Gasteiger partial charge in [0.05, 0.1) is 19.1 Å². The van der Waals surface area contributed by atoms with E-state index in [1.807, 2.05) is 0 Å². The maximum Gasteiger partial charge on any atom is 0.309 e. The third-order valence-electron chi connectivity index (χ3n) is 8.56. The van der Waals surface area contributed by atoms with Gasteiger partial charge < -0.3 is 9.84 Å². The fourth-order valence-electron chi connectivity index (χ4n) is 7.17. The normalized spacial score (nSPS) is 50.3. The zero-order valence-corrected chi connectivity index (χ0v) is 15.4. The summed E-state index contributed by atoms with van der Waals surface area (Å²) in [6.07, 6.45) is 11.0. The number of methoxy groups -OCH3 is 1.